The maximum absolute atomic E-state index is 11.1. The summed E-state index contributed by atoms with van der Waals surface area (Å²) in [5, 5.41) is 11.3. The molecule has 0 aromatic heterocycles. The minimum Gasteiger partial charge on any atom is -0.383 e. The molecule has 1 aromatic rings. The lowest BCUT2D eigenvalue weighted by atomic mass is 10.2. The van der Waals surface area contributed by atoms with Gasteiger partial charge in [-0.2, -0.15) is 0 Å². The summed E-state index contributed by atoms with van der Waals surface area (Å²) in [5.74, 6) is 0. The van der Waals surface area contributed by atoms with Gasteiger partial charge in [0.1, 0.15) is 10.7 Å². The first-order valence-corrected chi connectivity index (χ1v) is 6.09. The zero-order chi connectivity index (χ0) is 13.7. The summed E-state index contributed by atoms with van der Waals surface area (Å²) < 4.78 is 5.09. The largest absolute Gasteiger partial charge is 0.383 e. The van der Waals surface area contributed by atoms with Crippen molar-refractivity contribution in [1.29, 1.82) is 0 Å². The molecule has 5 nitrogen and oxygen atoms in total. The van der Waals surface area contributed by atoms with E-state index >= 15 is 0 Å². The van der Waals surface area contributed by atoms with Crippen LogP contribution in [-0.4, -0.2) is 31.2 Å². The molecule has 1 unspecified atom stereocenters. The molecule has 0 radical (unpaired) electrons. The van der Waals surface area contributed by atoms with Gasteiger partial charge in [-0.3, -0.25) is 10.1 Å². The molecule has 100 valence electrons. The molecule has 0 N–H and O–H groups in total. The molecule has 1 atom stereocenters. The SMILES string of the molecule is CCN(c1cccc(Cl)c1[N+](=O)[O-])C(C)COC. The van der Waals surface area contributed by atoms with Crippen LogP contribution in [-0.2, 0) is 4.74 Å². The van der Waals surface area contributed by atoms with Gasteiger partial charge < -0.3 is 9.64 Å². The highest BCUT2D eigenvalue weighted by Gasteiger charge is 2.24. The topological polar surface area (TPSA) is 55.6 Å². The van der Waals surface area contributed by atoms with Gasteiger partial charge in [-0.1, -0.05) is 17.7 Å². The molecule has 1 rings (SSSR count). The Kier molecular flexibility index (Phi) is 5.37. The van der Waals surface area contributed by atoms with E-state index in [1.54, 1.807) is 19.2 Å². The number of nitro benzene ring substituents is 1. The van der Waals surface area contributed by atoms with E-state index in [4.69, 9.17) is 16.3 Å². The summed E-state index contributed by atoms with van der Waals surface area (Å²) in [6.45, 7) is 5.04. The first kappa shape index (κ1) is 14.7. The van der Waals surface area contributed by atoms with Gasteiger partial charge in [0.05, 0.1) is 11.5 Å². The molecule has 0 saturated carbocycles. The third kappa shape index (κ3) is 3.11. The van der Waals surface area contributed by atoms with Gasteiger partial charge in [0.25, 0.3) is 0 Å². The second kappa shape index (κ2) is 6.56. The zero-order valence-electron chi connectivity index (χ0n) is 10.7. The molecular formula is C12H17ClN2O3. The minimum atomic E-state index is -0.445. The van der Waals surface area contributed by atoms with E-state index in [-0.39, 0.29) is 16.8 Å². The molecule has 1 aromatic carbocycles. The smallest absolute Gasteiger partial charge is 0.310 e. The Bertz CT molecular complexity index is 426. The third-order valence-corrected chi connectivity index (χ3v) is 3.04. The monoisotopic (exact) mass is 272 g/mol. The Morgan fingerprint density at radius 2 is 2.22 bits per heavy atom. The van der Waals surface area contributed by atoms with Gasteiger partial charge in [0.15, 0.2) is 0 Å². The summed E-state index contributed by atoms with van der Waals surface area (Å²) in [7, 11) is 1.61. The maximum Gasteiger partial charge on any atom is 0.310 e. The number of benzene rings is 1. The fraction of sp³-hybridized carbons (Fsp3) is 0.500. The molecule has 0 aliphatic rings. The van der Waals surface area contributed by atoms with Crippen molar-refractivity contribution in [3.05, 3.63) is 33.3 Å². The Hall–Kier alpha value is -1.33. The average Bonchev–Trinajstić information content (AvgIpc) is 2.29. The van der Waals surface area contributed by atoms with Crippen LogP contribution >= 0.6 is 11.6 Å². The van der Waals surface area contributed by atoms with Crippen molar-refractivity contribution in [2.75, 3.05) is 25.2 Å². The minimum absolute atomic E-state index is 0.0390. The summed E-state index contributed by atoms with van der Waals surface area (Å²) in [6, 6.07) is 4.99. The molecule has 6 heteroatoms. The van der Waals surface area contributed by atoms with E-state index in [9.17, 15) is 10.1 Å². The fourth-order valence-electron chi connectivity index (χ4n) is 1.97. The normalized spacial score (nSPS) is 12.2. The predicted octanol–water partition coefficient (Wildman–Crippen LogP) is 3.11. The number of nitrogens with zero attached hydrogens (tertiary/aromatic N) is 2. The standard InChI is InChI=1S/C12H17ClN2O3/c1-4-14(9(2)8-18-3)11-7-5-6-10(13)12(11)15(16)17/h5-7,9H,4,8H2,1-3H3. The number of likely N-dealkylation sites (N-methyl/N-ethyl adjacent to an activating group) is 1. The highest BCUT2D eigenvalue weighted by molar-refractivity contribution is 6.33. The number of rotatable bonds is 6. The Labute approximate surface area is 111 Å². The predicted molar refractivity (Wildman–Crippen MR) is 72.5 cm³/mol. The second-order valence-corrected chi connectivity index (χ2v) is 4.36. The van der Waals surface area contributed by atoms with E-state index in [1.807, 2.05) is 18.7 Å². The van der Waals surface area contributed by atoms with E-state index in [1.165, 1.54) is 6.07 Å². The summed E-state index contributed by atoms with van der Waals surface area (Å²) in [6.07, 6.45) is 0. The number of ether oxygens (including phenoxy) is 1. The van der Waals surface area contributed by atoms with Crippen molar-refractivity contribution < 1.29 is 9.66 Å². The molecule has 0 amide bonds. The van der Waals surface area contributed by atoms with Crippen LogP contribution in [0.2, 0.25) is 5.02 Å². The second-order valence-electron chi connectivity index (χ2n) is 3.96. The van der Waals surface area contributed by atoms with Gasteiger partial charge in [-0.15, -0.1) is 0 Å². The molecule has 0 aliphatic carbocycles. The summed E-state index contributed by atoms with van der Waals surface area (Å²) in [4.78, 5) is 12.6. The van der Waals surface area contributed by atoms with Crippen LogP contribution in [0, 0.1) is 10.1 Å². The summed E-state index contributed by atoms with van der Waals surface area (Å²) >= 11 is 5.91. The van der Waals surface area contributed by atoms with Gasteiger partial charge >= 0.3 is 5.69 Å². The molecule has 0 bridgehead atoms. The number of para-hydroxylation sites is 1. The fourth-order valence-corrected chi connectivity index (χ4v) is 2.21. The van der Waals surface area contributed by atoms with Crippen molar-refractivity contribution in [2.45, 2.75) is 19.9 Å². The Morgan fingerprint density at radius 3 is 2.72 bits per heavy atom. The molecule has 0 aliphatic heterocycles. The lowest BCUT2D eigenvalue weighted by molar-refractivity contribution is -0.384. The van der Waals surface area contributed by atoms with Crippen LogP contribution in [0.25, 0.3) is 0 Å². The van der Waals surface area contributed by atoms with Crippen LogP contribution in [0.5, 0.6) is 0 Å². The Balaban J connectivity index is 3.21. The lowest BCUT2D eigenvalue weighted by Crippen LogP contribution is -2.36. The molecule has 0 spiro atoms. The summed E-state index contributed by atoms with van der Waals surface area (Å²) in [5.41, 5.74) is 0.475. The van der Waals surface area contributed by atoms with Crippen molar-refractivity contribution in [3.63, 3.8) is 0 Å². The first-order chi connectivity index (χ1) is 8.52. The number of hydrogen-bond donors (Lipinski definition) is 0. The van der Waals surface area contributed by atoms with Gasteiger partial charge in [-0.05, 0) is 26.0 Å². The Morgan fingerprint density at radius 1 is 1.56 bits per heavy atom. The quantitative estimate of drug-likeness (QED) is 0.590. The third-order valence-electron chi connectivity index (χ3n) is 2.74. The van der Waals surface area contributed by atoms with Crippen LogP contribution in [0.1, 0.15) is 13.8 Å². The van der Waals surface area contributed by atoms with Gasteiger partial charge in [-0.25, -0.2) is 0 Å². The lowest BCUT2D eigenvalue weighted by Gasteiger charge is -2.29. The van der Waals surface area contributed by atoms with Crippen molar-refractivity contribution in [2.24, 2.45) is 0 Å². The molecule has 18 heavy (non-hydrogen) atoms. The van der Waals surface area contributed by atoms with E-state index < -0.39 is 4.92 Å². The highest BCUT2D eigenvalue weighted by atomic mass is 35.5. The number of hydrogen-bond acceptors (Lipinski definition) is 4. The molecular weight excluding hydrogens is 256 g/mol. The molecule has 0 heterocycles. The number of methoxy groups -OCH3 is 1. The van der Waals surface area contributed by atoms with Crippen molar-refractivity contribution in [3.8, 4) is 0 Å². The van der Waals surface area contributed by atoms with Crippen molar-refractivity contribution in [1.82, 2.24) is 0 Å². The number of nitro groups is 1. The van der Waals surface area contributed by atoms with Crippen LogP contribution < -0.4 is 4.90 Å². The number of anilines is 1. The zero-order valence-corrected chi connectivity index (χ0v) is 11.5. The average molecular weight is 273 g/mol. The van der Waals surface area contributed by atoms with Crippen molar-refractivity contribution >= 4 is 23.0 Å². The molecule has 0 saturated heterocycles. The highest BCUT2D eigenvalue weighted by Crippen LogP contribution is 2.35. The van der Waals surface area contributed by atoms with Crippen LogP contribution in [0.15, 0.2) is 18.2 Å². The van der Waals surface area contributed by atoms with E-state index in [0.29, 0.717) is 18.8 Å². The first-order valence-electron chi connectivity index (χ1n) is 5.71. The van der Waals surface area contributed by atoms with E-state index in [2.05, 4.69) is 0 Å². The van der Waals surface area contributed by atoms with Gasteiger partial charge in [0, 0.05) is 19.7 Å². The van der Waals surface area contributed by atoms with Crippen LogP contribution in [0.3, 0.4) is 0 Å². The molecule has 0 fully saturated rings. The van der Waals surface area contributed by atoms with E-state index in [0.717, 1.165) is 0 Å². The van der Waals surface area contributed by atoms with Gasteiger partial charge in [0.2, 0.25) is 0 Å². The van der Waals surface area contributed by atoms with Crippen LogP contribution in [0.4, 0.5) is 11.4 Å². The number of halogens is 1. The maximum atomic E-state index is 11.1.